The summed E-state index contributed by atoms with van der Waals surface area (Å²) in [6, 6.07) is 18.1. The Kier molecular flexibility index (Phi) is 2.52. The van der Waals surface area contributed by atoms with Crippen molar-refractivity contribution >= 4 is 7.12 Å². The van der Waals surface area contributed by atoms with Gasteiger partial charge in [-0.15, -0.1) is 0 Å². The second kappa shape index (κ2) is 4.17. The molecule has 1 heterocycles. The molecule has 17 heavy (non-hydrogen) atoms. The number of rotatable bonds is 2. The molecule has 0 aromatic heterocycles. The second-order valence-corrected chi connectivity index (χ2v) is 4.25. The van der Waals surface area contributed by atoms with E-state index in [0.29, 0.717) is 0 Å². The summed E-state index contributed by atoms with van der Waals surface area (Å²) in [5, 5.41) is 0. The molecule has 3 heteroatoms. The van der Waals surface area contributed by atoms with Crippen LogP contribution in [-0.4, -0.2) is 7.12 Å². The number of para-hydroxylation sites is 2. The monoisotopic (exact) mass is 224 g/mol. The molecular formula is C14H13BO2. The summed E-state index contributed by atoms with van der Waals surface area (Å²) in [6.45, 7) is 2.12. The van der Waals surface area contributed by atoms with E-state index >= 15 is 0 Å². The van der Waals surface area contributed by atoms with Gasteiger partial charge >= 0.3 is 7.12 Å². The highest BCUT2D eigenvalue weighted by Gasteiger charge is 2.37. The predicted molar refractivity (Wildman–Crippen MR) is 68.3 cm³/mol. The topological polar surface area (TPSA) is 18.5 Å². The lowest BCUT2D eigenvalue weighted by Gasteiger charge is -2.13. The van der Waals surface area contributed by atoms with Crippen molar-refractivity contribution in [3.63, 3.8) is 0 Å². The zero-order chi connectivity index (χ0) is 11.7. The normalized spacial score (nSPS) is 14.8. The first kappa shape index (κ1) is 10.3. The van der Waals surface area contributed by atoms with Gasteiger partial charge in [-0.3, -0.25) is 0 Å². The molecule has 84 valence electrons. The summed E-state index contributed by atoms with van der Waals surface area (Å²) < 4.78 is 11.6. The first-order chi connectivity index (χ1) is 8.34. The third kappa shape index (κ3) is 1.89. The molecule has 0 fully saturated rings. The van der Waals surface area contributed by atoms with Gasteiger partial charge < -0.3 is 9.31 Å². The van der Waals surface area contributed by atoms with E-state index in [1.165, 1.54) is 5.56 Å². The zero-order valence-corrected chi connectivity index (χ0v) is 9.67. The van der Waals surface area contributed by atoms with E-state index in [4.69, 9.17) is 9.31 Å². The van der Waals surface area contributed by atoms with Crippen molar-refractivity contribution in [1.29, 1.82) is 0 Å². The van der Waals surface area contributed by atoms with E-state index in [9.17, 15) is 0 Å². The molecule has 3 rings (SSSR count). The van der Waals surface area contributed by atoms with Crippen LogP contribution in [-0.2, 0) is 0 Å². The van der Waals surface area contributed by atoms with Crippen LogP contribution in [0.5, 0.6) is 11.5 Å². The molecule has 1 aliphatic heterocycles. The molecule has 0 amide bonds. The van der Waals surface area contributed by atoms with E-state index in [1.54, 1.807) is 0 Å². The first-order valence-corrected chi connectivity index (χ1v) is 5.82. The quantitative estimate of drug-likeness (QED) is 0.728. The average molecular weight is 224 g/mol. The van der Waals surface area contributed by atoms with Crippen LogP contribution in [0.25, 0.3) is 0 Å². The fraction of sp³-hybridized carbons (Fsp3) is 0.143. The van der Waals surface area contributed by atoms with E-state index in [1.807, 2.05) is 42.5 Å². The maximum atomic E-state index is 5.80. The SMILES string of the molecule is C[C@@H](B1Oc2ccccc2O1)c1ccccc1. The van der Waals surface area contributed by atoms with Gasteiger partial charge in [0.2, 0.25) is 0 Å². The molecule has 2 nitrogen and oxygen atoms in total. The smallest absolute Gasteiger partial charge is 0.523 e. The Hall–Kier alpha value is -1.90. The van der Waals surface area contributed by atoms with Crippen molar-refractivity contribution in [2.45, 2.75) is 12.7 Å². The Bertz CT molecular complexity index is 488. The number of hydrogen-bond donors (Lipinski definition) is 0. The summed E-state index contributed by atoms with van der Waals surface area (Å²) in [5.74, 6) is 1.88. The third-order valence-corrected chi connectivity index (χ3v) is 3.07. The van der Waals surface area contributed by atoms with Crippen molar-refractivity contribution in [1.82, 2.24) is 0 Å². The van der Waals surface area contributed by atoms with Gasteiger partial charge in [0.1, 0.15) is 11.5 Å². The highest BCUT2D eigenvalue weighted by molar-refractivity contribution is 6.49. The number of hydrogen-bond acceptors (Lipinski definition) is 2. The van der Waals surface area contributed by atoms with Gasteiger partial charge in [-0.2, -0.15) is 0 Å². The summed E-state index contributed by atoms with van der Waals surface area (Å²) in [5.41, 5.74) is 1.23. The predicted octanol–water partition coefficient (Wildman–Crippen LogP) is 3.29. The van der Waals surface area contributed by atoms with Gasteiger partial charge in [-0.25, -0.2) is 0 Å². The van der Waals surface area contributed by atoms with Crippen LogP contribution in [0.3, 0.4) is 0 Å². The maximum Gasteiger partial charge on any atom is 0.602 e. The average Bonchev–Trinajstić information content (AvgIpc) is 2.82. The Morgan fingerprint density at radius 1 is 0.824 bits per heavy atom. The van der Waals surface area contributed by atoms with Crippen LogP contribution in [0.4, 0.5) is 0 Å². The summed E-state index contributed by atoms with van der Waals surface area (Å²) in [4.78, 5) is 0. The van der Waals surface area contributed by atoms with Gasteiger partial charge in [0.15, 0.2) is 0 Å². The molecule has 0 N–H and O–H groups in total. The summed E-state index contributed by atoms with van der Waals surface area (Å²) in [7, 11) is -0.227. The minimum atomic E-state index is -0.227. The number of benzene rings is 2. The largest absolute Gasteiger partial charge is 0.602 e. The van der Waals surface area contributed by atoms with Crippen LogP contribution in [0, 0.1) is 0 Å². The Labute approximate surface area is 101 Å². The lowest BCUT2D eigenvalue weighted by atomic mass is 9.69. The Morgan fingerprint density at radius 2 is 1.35 bits per heavy atom. The lowest BCUT2D eigenvalue weighted by Crippen LogP contribution is -2.31. The first-order valence-electron chi connectivity index (χ1n) is 5.82. The van der Waals surface area contributed by atoms with Gasteiger partial charge in [-0.05, 0) is 17.7 Å². The molecular weight excluding hydrogens is 211 g/mol. The lowest BCUT2D eigenvalue weighted by molar-refractivity contribution is 0.480. The van der Waals surface area contributed by atoms with E-state index in [0.717, 1.165) is 11.5 Å². The second-order valence-electron chi connectivity index (χ2n) is 4.25. The van der Waals surface area contributed by atoms with Crippen LogP contribution >= 0.6 is 0 Å². The molecule has 0 unspecified atom stereocenters. The van der Waals surface area contributed by atoms with Gasteiger partial charge in [0.25, 0.3) is 0 Å². The molecule has 1 atom stereocenters. The molecule has 0 spiro atoms. The zero-order valence-electron chi connectivity index (χ0n) is 9.67. The van der Waals surface area contributed by atoms with E-state index in [-0.39, 0.29) is 12.9 Å². The van der Waals surface area contributed by atoms with E-state index in [2.05, 4.69) is 19.1 Å². The molecule has 0 saturated heterocycles. The Morgan fingerprint density at radius 3 is 1.94 bits per heavy atom. The fourth-order valence-electron chi connectivity index (χ4n) is 2.04. The third-order valence-electron chi connectivity index (χ3n) is 3.07. The van der Waals surface area contributed by atoms with Crippen molar-refractivity contribution in [2.24, 2.45) is 0 Å². The fourth-order valence-corrected chi connectivity index (χ4v) is 2.04. The minimum Gasteiger partial charge on any atom is -0.523 e. The Balaban J connectivity index is 1.81. The molecule has 2 aromatic rings. The maximum absolute atomic E-state index is 5.80. The summed E-state index contributed by atoms with van der Waals surface area (Å²) in [6.07, 6.45) is 0. The highest BCUT2D eigenvalue weighted by atomic mass is 16.6. The van der Waals surface area contributed by atoms with Crippen LogP contribution in [0.1, 0.15) is 18.3 Å². The highest BCUT2D eigenvalue weighted by Crippen LogP contribution is 2.36. The molecule has 2 aromatic carbocycles. The van der Waals surface area contributed by atoms with Crippen LogP contribution in [0.15, 0.2) is 54.6 Å². The van der Waals surface area contributed by atoms with Gasteiger partial charge in [0, 0.05) is 5.82 Å². The van der Waals surface area contributed by atoms with Crippen LogP contribution in [0.2, 0.25) is 0 Å². The van der Waals surface area contributed by atoms with E-state index < -0.39 is 0 Å². The molecule has 0 aliphatic carbocycles. The van der Waals surface area contributed by atoms with Crippen molar-refractivity contribution in [2.75, 3.05) is 0 Å². The van der Waals surface area contributed by atoms with Gasteiger partial charge in [0.05, 0.1) is 0 Å². The van der Waals surface area contributed by atoms with Crippen molar-refractivity contribution in [3.05, 3.63) is 60.2 Å². The van der Waals surface area contributed by atoms with Crippen molar-refractivity contribution < 1.29 is 9.31 Å². The van der Waals surface area contributed by atoms with Crippen molar-refractivity contribution in [3.8, 4) is 11.5 Å². The minimum absolute atomic E-state index is 0.212. The summed E-state index contributed by atoms with van der Waals surface area (Å²) >= 11 is 0. The molecule has 0 saturated carbocycles. The molecule has 0 bridgehead atoms. The molecule has 1 aliphatic rings. The number of fused-ring (bicyclic) bond motifs is 1. The van der Waals surface area contributed by atoms with Crippen LogP contribution < -0.4 is 9.31 Å². The van der Waals surface area contributed by atoms with Gasteiger partial charge in [-0.1, -0.05) is 49.4 Å². The molecule has 0 radical (unpaired) electrons. The standard InChI is InChI=1S/C14H13BO2/c1-11(12-7-3-2-4-8-12)15-16-13-9-5-6-10-14(13)17-15/h2-11H,1H3/t11-/m1/s1.